The summed E-state index contributed by atoms with van der Waals surface area (Å²) >= 11 is 3.57. The summed E-state index contributed by atoms with van der Waals surface area (Å²) in [6.07, 6.45) is 2.56. The Kier molecular flexibility index (Phi) is 4.99. The van der Waals surface area contributed by atoms with E-state index in [4.69, 9.17) is 0 Å². The largest absolute Gasteiger partial charge is 0.312 e. The Balaban J connectivity index is 1.43. The molecule has 21 heavy (non-hydrogen) atoms. The molecule has 3 nitrogen and oxygen atoms in total. The standard InChI is InChI=1S/C17H26BrN3/c1-20-6-7-21(2)17(12-20)11-19-16-9-14(10-16)13-4-3-5-15(18)8-13/h3-5,8,14,16-17,19H,6-7,9-12H2,1-2H3. The molecule has 1 N–H and O–H groups in total. The molecule has 1 aromatic rings. The number of halogens is 1. The quantitative estimate of drug-likeness (QED) is 0.899. The highest BCUT2D eigenvalue weighted by Crippen LogP contribution is 2.37. The first-order chi connectivity index (χ1) is 10.1. The van der Waals surface area contributed by atoms with E-state index in [9.17, 15) is 0 Å². The number of hydrogen-bond acceptors (Lipinski definition) is 3. The molecule has 3 rings (SSSR count). The van der Waals surface area contributed by atoms with Crippen LogP contribution in [0.1, 0.15) is 24.3 Å². The molecule has 1 heterocycles. The van der Waals surface area contributed by atoms with Crippen molar-refractivity contribution in [3.8, 4) is 0 Å². The molecule has 0 amide bonds. The number of piperazine rings is 1. The molecular weight excluding hydrogens is 326 g/mol. The average Bonchev–Trinajstić information content (AvgIpc) is 2.41. The van der Waals surface area contributed by atoms with Gasteiger partial charge in [-0.15, -0.1) is 0 Å². The summed E-state index contributed by atoms with van der Waals surface area (Å²) in [5.74, 6) is 0.742. The first kappa shape index (κ1) is 15.5. The number of nitrogens with zero attached hydrogens (tertiary/aromatic N) is 2. The van der Waals surface area contributed by atoms with Crippen LogP contribution in [0.15, 0.2) is 28.7 Å². The summed E-state index contributed by atoms with van der Waals surface area (Å²) in [6, 6.07) is 10.1. The zero-order chi connectivity index (χ0) is 14.8. The molecule has 0 aromatic heterocycles. The van der Waals surface area contributed by atoms with Crippen LogP contribution >= 0.6 is 15.9 Å². The first-order valence-corrected chi connectivity index (χ1v) is 8.79. The predicted octanol–water partition coefficient (Wildman–Crippen LogP) is 2.53. The maximum absolute atomic E-state index is 3.77. The Morgan fingerprint density at radius 1 is 1.24 bits per heavy atom. The van der Waals surface area contributed by atoms with Gasteiger partial charge in [0.1, 0.15) is 0 Å². The molecule has 1 saturated heterocycles. The lowest BCUT2D eigenvalue weighted by Crippen LogP contribution is -2.55. The Bertz CT molecular complexity index is 473. The maximum atomic E-state index is 3.77. The van der Waals surface area contributed by atoms with Crippen molar-refractivity contribution in [2.75, 3.05) is 40.3 Å². The Labute approximate surface area is 136 Å². The van der Waals surface area contributed by atoms with Gasteiger partial charge in [-0.05, 0) is 50.6 Å². The minimum Gasteiger partial charge on any atom is -0.312 e. The van der Waals surface area contributed by atoms with Gasteiger partial charge < -0.3 is 10.2 Å². The molecule has 0 bridgehead atoms. The predicted molar refractivity (Wildman–Crippen MR) is 91.8 cm³/mol. The summed E-state index contributed by atoms with van der Waals surface area (Å²) in [7, 11) is 4.48. The number of likely N-dealkylation sites (N-methyl/N-ethyl adjacent to an activating group) is 2. The fourth-order valence-electron chi connectivity index (χ4n) is 3.44. The lowest BCUT2D eigenvalue weighted by atomic mass is 9.76. The van der Waals surface area contributed by atoms with E-state index in [-0.39, 0.29) is 0 Å². The summed E-state index contributed by atoms with van der Waals surface area (Å²) in [6.45, 7) is 4.69. The summed E-state index contributed by atoms with van der Waals surface area (Å²) in [5, 5.41) is 3.77. The molecule has 0 spiro atoms. The van der Waals surface area contributed by atoms with Gasteiger partial charge in [0.15, 0.2) is 0 Å². The third-order valence-electron chi connectivity index (χ3n) is 5.08. The first-order valence-electron chi connectivity index (χ1n) is 7.99. The Morgan fingerprint density at radius 2 is 2.05 bits per heavy atom. The molecular formula is C17H26BrN3. The normalized spacial score (nSPS) is 31.1. The van der Waals surface area contributed by atoms with Crippen LogP contribution < -0.4 is 5.32 Å². The fourth-order valence-corrected chi connectivity index (χ4v) is 3.86. The third kappa shape index (κ3) is 3.86. The summed E-state index contributed by atoms with van der Waals surface area (Å²) in [5.41, 5.74) is 1.48. The van der Waals surface area contributed by atoms with Crippen molar-refractivity contribution in [3.63, 3.8) is 0 Å². The van der Waals surface area contributed by atoms with Crippen molar-refractivity contribution >= 4 is 15.9 Å². The third-order valence-corrected chi connectivity index (χ3v) is 5.57. The lowest BCUT2D eigenvalue weighted by Gasteiger charge is -2.41. The van der Waals surface area contributed by atoms with Gasteiger partial charge in [0.25, 0.3) is 0 Å². The van der Waals surface area contributed by atoms with E-state index in [1.807, 2.05) is 0 Å². The van der Waals surface area contributed by atoms with Crippen LogP contribution in [0, 0.1) is 0 Å². The number of nitrogens with one attached hydrogen (secondary N) is 1. The highest BCUT2D eigenvalue weighted by Gasteiger charge is 2.31. The highest BCUT2D eigenvalue weighted by atomic mass is 79.9. The van der Waals surface area contributed by atoms with Crippen LogP contribution in [0.4, 0.5) is 0 Å². The fraction of sp³-hybridized carbons (Fsp3) is 0.647. The van der Waals surface area contributed by atoms with Gasteiger partial charge in [0, 0.05) is 42.7 Å². The Hall–Kier alpha value is -0.420. The van der Waals surface area contributed by atoms with Gasteiger partial charge >= 0.3 is 0 Å². The van der Waals surface area contributed by atoms with Crippen LogP contribution in [0.3, 0.4) is 0 Å². The SMILES string of the molecule is CN1CCN(C)C(CNC2CC(c3cccc(Br)c3)C2)C1. The number of rotatable bonds is 4. The molecule has 1 aliphatic carbocycles. The molecule has 2 fully saturated rings. The number of benzene rings is 1. The second-order valence-corrected chi connectivity index (χ2v) is 7.64. The summed E-state index contributed by atoms with van der Waals surface area (Å²) < 4.78 is 1.20. The number of hydrogen-bond donors (Lipinski definition) is 1. The molecule has 1 aromatic carbocycles. The minimum atomic E-state index is 0.661. The van der Waals surface area contributed by atoms with E-state index in [1.54, 1.807) is 0 Å². The zero-order valence-corrected chi connectivity index (χ0v) is 14.6. The topological polar surface area (TPSA) is 18.5 Å². The van der Waals surface area contributed by atoms with E-state index in [2.05, 4.69) is 69.4 Å². The van der Waals surface area contributed by atoms with Gasteiger partial charge in [0.05, 0.1) is 0 Å². The van der Waals surface area contributed by atoms with Crippen LogP contribution in [-0.4, -0.2) is 62.2 Å². The van der Waals surface area contributed by atoms with E-state index in [0.29, 0.717) is 12.1 Å². The Morgan fingerprint density at radius 3 is 2.81 bits per heavy atom. The van der Waals surface area contributed by atoms with Crippen LogP contribution in [0.2, 0.25) is 0 Å². The van der Waals surface area contributed by atoms with Crippen LogP contribution in [-0.2, 0) is 0 Å². The smallest absolute Gasteiger partial charge is 0.0345 e. The van der Waals surface area contributed by atoms with Gasteiger partial charge in [-0.3, -0.25) is 4.90 Å². The maximum Gasteiger partial charge on any atom is 0.0345 e. The van der Waals surface area contributed by atoms with Crippen LogP contribution in [0.5, 0.6) is 0 Å². The van der Waals surface area contributed by atoms with Gasteiger partial charge in [-0.1, -0.05) is 28.1 Å². The van der Waals surface area contributed by atoms with Gasteiger partial charge in [-0.2, -0.15) is 0 Å². The van der Waals surface area contributed by atoms with E-state index in [0.717, 1.165) is 12.5 Å². The molecule has 4 heteroatoms. The van der Waals surface area contributed by atoms with Gasteiger partial charge in [0.2, 0.25) is 0 Å². The monoisotopic (exact) mass is 351 g/mol. The second kappa shape index (κ2) is 6.78. The molecule has 1 saturated carbocycles. The van der Waals surface area contributed by atoms with Crippen molar-refractivity contribution in [2.24, 2.45) is 0 Å². The molecule has 116 valence electrons. The molecule has 2 aliphatic rings. The average molecular weight is 352 g/mol. The molecule has 1 atom stereocenters. The van der Waals surface area contributed by atoms with Crippen molar-refractivity contribution in [3.05, 3.63) is 34.3 Å². The van der Waals surface area contributed by atoms with Crippen molar-refractivity contribution in [1.29, 1.82) is 0 Å². The molecule has 0 radical (unpaired) electrons. The van der Waals surface area contributed by atoms with E-state index >= 15 is 0 Å². The summed E-state index contributed by atoms with van der Waals surface area (Å²) in [4.78, 5) is 4.94. The second-order valence-electron chi connectivity index (χ2n) is 6.73. The van der Waals surface area contributed by atoms with E-state index < -0.39 is 0 Å². The lowest BCUT2D eigenvalue weighted by molar-refractivity contribution is 0.107. The van der Waals surface area contributed by atoms with Crippen molar-refractivity contribution in [2.45, 2.75) is 30.8 Å². The van der Waals surface area contributed by atoms with Gasteiger partial charge in [-0.25, -0.2) is 0 Å². The van der Waals surface area contributed by atoms with Crippen molar-refractivity contribution < 1.29 is 0 Å². The highest BCUT2D eigenvalue weighted by molar-refractivity contribution is 9.10. The zero-order valence-electron chi connectivity index (χ0n) is 13.1. The molecule has 1 unspecified atom stereocenters. The van der Waals surface area contributed by atoms with E-state index in [1.165, 1.54) is 42.5 Å². The van der Waals surface area contributed by atoms with Crippen LogP contribution in [0.25, 0.3) is 0 Å². The van der Waals surface area contributed by atoms with Crippen molar-refractivity contribution in [1.82, 2.24) is 15.1 Å². The molecule has 1 aliphatic heterocycles. The minimum absolute atomic E-state index is 0.661.